The maximum Gasteiger partial charge on any atom is 0.224 e. The molecule has 0 spiro atoms. The van der Waals surface area contributed by atoms with Crippen molar-refractivity contribution in [3.8, 4) is 5.75 Å². The number of anilines is 1. The van der Waals surface area contributed by atoms with Crippen LogP contribution < -0.4 is 15.8 Å². The van der Waals surface area contributed by atoms with E-state index in [0.717, 1.165) is 5.56 Å². The number of carbonyl (C=O) groups excluding carboxylic acids is 1. The van der Waals surface area contributed by atoms with Gasteiger partial charge in [0.25, 0.3) is 0 Å². The van der Waals surface area contributed by atoms with Gasteiger partial charge in [-0.05, 0) is 18.6 Å². The normalized spacial score (nSPS) is 19.7. The molecule has 86 valence electrons. The minimum atomic E-state index is -0.239. The molecule has 1 amide bonds. The zero-order chi connectivity index (χ0) is 11.7. The maximum absolute atomic E-state index is 11.4. The predicted octanol–water partition coefficient (Wildman–Crippen LogP) is 2.08. The monoisotopic (exact) mass is 240 g/mol. The molecule has 5 heteroatoms. The van der Waals surface area contributed by atoms with Gasteiger partial charge in [0.2, 0.25) is 5.91 Å². The minimum Gasteiger partial charge on any atom is -0.495 e. The highest BCUT2D eigenvalue weighted by Crippen LogP contribution is 2.39. The predicted molar refractivity (Wildman–Crippen MR) is 62.8 cm³/mol. The van der Waals surface area contributed by atoms with Gasteiger partial charge in [0, 0.05) is 23.7 Å². The number of methoxy groups -OCH3 is 1. The molecule has 0 saturated heterocycles. The Balaban J connectivity index is 2.55. The molecule has 1 atom stereocenters. The number of benzene rings is 1. The fourth-order valence-corrected chi connectivity index (χ4v) is 2.23. The summed E-state index contributed by atoms with van der Waals surface area (Å²) in [6, 6.07) is 3.25. The number of ether oxygens (including phenoxy) is 1. The summed E-state index contributed by atoms with van der Waals surface area (Å²) < 4.78 is 5.13. The number of amides is 1. The van der Waals surface area contributed by atoms with Crippen molar-refractivity contribution in [2.45, 2.75) is 18.9 Å². The molecule has 2 rings (SSSR count). The Morgan fingerprint density at radius 3 is 3.00 bits per heavy atom. The lowest BCUT2D eigenvalue weighted by molar-refractivity contribution is -0.116. The van der Waals surface area contributed by atoms with Crippen LogP contribution in [0.5, 0.6) is 5.75 Å². The van der Waals surface area contributed by atoms with Gasteiger partial charge in [0.15, 0.2) is 0 Å². The first-order valence-electron chi connectivity index (χ1n) is 5.05. The first kappa shape index (κ1) is 11.2. The van der Waals surface area contributed by atoms with E-state index in [2.05, 4.69) is 5.32 Å². The summed E-state index contributed by atoms with van der Waals surface area (Å²) in [4.78, 5) is 11.4. The number of halogens is 1. The van der Waals surface area contributed by atoms with E-state index in [1.165, 1.54) is 0 Å². The molecular formula is C11H13ClN2O2. The molecule has 0 bridgehead atoms. The molecule has 0 aromatic heterocycles. The molecule has 1 aromatic carbocycles. The molecule has 0 aliphatic carbocycles. The average Bonchev–Trinajstić information content (AvgIpc) is 2.40. The van der Waals surface area contributed by atoms with Crippen molar-refractivity contribution in [1.29, 1.82) is 0 Å². The van der Waals surface area contributed by atoms with E-state index >= 15 is 0 Å². The summed E-state index contributed by atoms with van der Waals surface area (Å²) >= 11 is 6.19. The second kappa shape index (κ2) is 4.31. The molecule has 0 radical (unpaired) electrons. The Kier molecular flexibility index (Phi) is 3.03. The fraction of sp³-hybridized carbons (Fsp3) is 0.364. The van der Waals surface area contributed by atoms with Crippen LogP contribution in [-0.2, 0) is 4.79 Å². The number of fused-ring (bicyclic) bond motifs is 1. The Hall–Kier alpha value is -1.26. The molecule has 1 unspecified atom stereocenters. The summed E-state index contributed by atoms with van der Waals surface area (Å²) in [5, 5.41) is 3.27. The van der Waals surface area contributed by atoms with Crippen LogP contribution in [0.4, 0.5) is 5.69 Å². The van der Waals surface area contributed by atoms with Crippen molar-refractivity contribution in [2.24, 2.45) is 5.73 Å². The lowest BCUT2D eigenvalue weighted by atomic mass is 10.0. The standard InChI is InChI=1S/C11H13ClN2O2/c1-16-8-4-3-7-10(11(8)12)6(13)2-5-9(15)14-7/h3-4,6H,2,5,13H2,1H3,(H,14,15). The molecule has 1 heterocycles. The van der Waals surface area contributed by atoms with Crippen molar-refractivity contribution in [3.05, 3.63) is 22.7 Å². The van der Waals surface area contributed by atoms with Gasteiger partial charge in [0.05, 0.1) is 12.1 Å². The number of hydrogen-bond acceptors (Lipinski definition) is 3. The summed E-state index contributed by atoms with van der Waals surface area (Å²) in [6.07, 6.45) is 1.00. The molecule has 3 N–H and O–H groups in total. The number of rotatable bonds is 1. The van der Waals surface area contributed by atoms with Gasteiger partial charge in [0.1, 0.15) is 5.75 Å². The lowest BCUT2D eigenvalue weighted by Gasteiger charge is -2.16. The largest absolute Gasteiger partial charge is 0.495 e. The van der Waals surface area contributed by atoms with Crippen LogP contribution in [0.3, 0.4) is 0 Å². The summed E-state index contributed by atoms with van der Waals surface area (Å²) in [5.41, 5.74) is 7.44. The highest BCUT2D eigenvalue weighted by atomic mass is 35.5. The van der Waals surface area contributed by atoms with E-state index in [-0.39, 0.29) is 11.9 Å². The van der Waals surface area contributed by atoms with Gasteiger partial charge in [-0.3, -0.25) is 4.79 Å². The SMILES string of the molecule is COc1ccc2c(c1Cl)C(N)CCC(=O)N2. The second-order valence-corrected chi connectivity index (χ2v) is 4.11. The Morgan fingerprint density at radius 2 is 2.31 bits per heavy atom. The molecular weight excluding hydrogens is 228 g/mol. The first-order chi connectivity index (χ1) is 7.63. The van der Waals surface area contributed by atoms with Crippen molar-refractivity contribution in [2.75, 3.05) is 12.4 Å². The van der Waals surface area contributed by atoms with Crippen LogP contribution >= 0.6 is 11.6 Å². The molecule has 16 heavy (non-hydrogen) atoms. The Labute approximate surface area is 98.7 Å². The van der Waals surface area contributed by atoms with Crippen LogP contribution in [0.25, 0.3) is 0 Å². The van der Waals surface area contributed by atoms with Crippen LogP contribution in [0, 0.1) is 0 Å². The maximum atomic E-state index is 11.4. The van der Waals surface area contributed by atoms with Crippen molar-refractivity contribution < 1.29 is 9.53 Å². The van der Waals surface area contributed by atoms with Gasteiger partial charge in [-0.1, -0.05) is 11.6 Å². The Bertz CT molecular complexity index is 434. The van der Waals surface area contributed by atoms with E-state index in [4.69, 9.17) is 22.1 Å². The molecule has 0 saturated carbocycles. The highest BCUT2D eigenvalue weighted by Gasteiger charge is 2.23. The average molecular weight is 241 g/mol. The highest BCUT2D eigenvalue weighted by molar-refractivity contribution is 6.33. The third kappa shape index (κ3) is 1.86. The van der Waals surface area contributed by atoms with Gasteiger partial charge >= 0.3 is 0 Å². The van der Waals surface area contributed by atoms with Gasteiger partial charge < -0.3 is 15.8 Å². The first-order valence-corrected chi connectivity index (χ1v) is 5.43. The zero-order valence-electron chi connectivity index (χ0n) is 8.92. The Morgan fingerprint density at radius 1 is 1.56 bits per heavy atom. The smallest absolute Gasteiger partial charge is 0.224 e. The van der Waals surface area contributed by atoms with Crippen LogP contribution in [0.2, 0.25) is 5.02 Å². The third-order valence-electron chi connectivity index (χ3n) is 2.69. The summed E-state index contributed by atoms with van der Waals surface area (Å²) in [6.45, 7) is 0. The van der Waals surface area contributed by atoms with Crippen molar-refractivity contribution in [3.63, 3.8) is 0 Å². The van der Waals surface area contributed by atoms with Gasteiger partial charge in [-0.15, -0.1) is 0 Å². The number of hydrogen-bond donors (Lipinski definition) is 2. The van der Waals surface area contributed by atoms with E-state index in [1.807, 2.05) is 0 Å². The second-order valence-electron chi connectivity index (χ2n) is 3.74. The third-order valence-corrected chi connectivity index (χ3v) is 3.08. The van der Waals surface area contributed by atoms with Gasteiger partial charge in [-0.2, -0.15) is 0 Å². The lowest BCUT2D eigenvalue weighted by Crippen LogP contribution is -2.10. The molecule has 0 fully saturated rings. The minimum absolute atomic E-state index is 0.0320. The van der Waals surface area contributed by atoms with Gasteiger partial charge in [-0.25, -0.2) is 0 Å². The fourth-order valence-electron chi connectivity index (χ4n) is 1.85. The summed E-state index contributed by atoms with van der Waals surface area (Å²) in [7, 11) is 1.55. The topological polar surface area (TPSA) is 64.3 Å². The number of carbonyl (C=O) groups is 1. The van der Waals surface area contributed by atoms with E-state index in [1.54, 1.807) is 19.2 Å². The van der Waals surface area contributed by atoms with E-state index in [0.29, 0.717) is 29.3 Å². The van der Waals surface area contributed by atoms with E-state index < -0.39 is 0 Å². The summed E-state index contributed by atoms with van der Waals surface area (Å²) in [5.74, 6) is 0.544. The van der Waals surface area contributed by atoms with Crippen molar-refractivity contribution >= 4 is 23.2 Å². The van der Waals surface area contributed by atoms with E-state index in [9.17, 15) is 4.79 Å². The van der Waals surface area contributed by atoms with Crippen LogP contribution in [-0.4, -0.2) is 13.0 Å². The zero-order valence-corrected chi connectivity index (χ0v) is 9.67. The molecule has 1 aliphatic heterocycles. The van der Waals surface area contributed by atoms with Crippen molar-refractivity contribution in [1.82, 2.24) is 0 Å². The quantitative estimate of drug-likeness (QED) is 0.790. The molecule has 4 nitrogen and oxygen atoms in total. The number of nitrogens with two attached hydrogens (primary N) is 1. The molecule has 1 aromatic rings. The van der Waals surface area contributed by atoms with Crippen LogP contribution in [0.15, 0.2) is 12.1 Å². The van der Waals surface area contributed by atoms with Crippen LogP contribution in [0.1, 0.15) is 24.4 Å². The molecule has 1 aliphatic rings. The number of nitrogens with one attached hydrogen (secondary N) is 1.